The molecule has 2 aliphatic heterocycles. The molecular weight excluding hydrogens is 468 g/mol. The molecule has 3 atom stereocenters. The van der Waals surface area contributed by atoms with E-state index in [-0.39, 0.29) is 22.0 Å². The first-order chi connectivity index (χ1) is 15.5. The molecule has 0 radical (unpaired) electrons. The van der Waals surface area contributed by atoms with Gasteiger partial charge in [-0.3, -0.25) is 14.9 Å². The van der Waals surface area contributed by atoms with Crippen LogP contribution in [0, 0.1) is 11.2 Å². The lowest BCUT2D eigenvalue weighted by Gasteiger charge is -2.50. The van der Waals surface area contributed by atoms with Crippen LogP contribution in [0.2, 0.25) is 10.2 Å². The van der Waals surface area contributed by atoms with Crippen LogP contribution >= 0.6 is 23.2 Å². The molecule has 3 aliphatic rings. The average Bonchev–Trinajstić information content (AvgIpc) is 3.19. The van der Waals surface area contributed by atoms with E-state index >= 15 is 4.39 Å². The minimum atomic E-state index is -1.40. The van der Waals surface area contributed by atoms with Crippen molar-refractivity contribution >= 4 is 40.8 Å². The van der Waals surface area contributed by atoms with Gasteiger partial charge in [-0.15, -0.1) is 0 Å². The van der Waals surface area contributed by atoms with Crippen LogP contribution < -0.4 is 10.6 Å². The summed E-state index contributed by atoms with van der Waals surface area (Å²) in [6.45, 7) is 4.32. The van der Waals surface area contributed by atoms with E-state index in [1.54, 1.807) is 18.2 Å². The summed E-state index contributed by atoms with van der Waals surface area (Å²) in [7, 11) is 0. The number of pyridine rings is 1. The Kier molecular flexibility index (Phi) is 5.05. The van der Waals surface area contributed by atoms with Gasteiger partial charge < -0.3 is 10.4 Å². The third kappa shape index (κ3) is 3.05. The van der Waals surface area contributed by atoms with Gasteiger partial charge in [0.1, 0.15) is 22.4 Å². The zero-order valence-electron chi connectivity index (χ0n) is 18.2. The third-order valence-corrected chi connectivity index (χ3v) is 8.46. The molecule has 1 aromatic carbocycles. The molecule has 2 aromatic rings. The summed E-state index contributed by atoms with van der Waals surface area (Å²) in [6, 6.07) is 4.98. The molecule has 1 saturated heterocycles. The topological polar surface area (TPSA) is 91.3 Å². The summed E-state index contributed by atoms with van der Waals surface area (Å²) in [5.74, 6) is -3.34. The van der Waals surface area contributed by atoms with E-state index in [0.29, 0.717) is 29.1 Å². The van der Waals surface area contributed by atoms with E-state index in [0.717, 1.165) is 18.9 Å². The van der Waals surface area contributed by atoms with Crippen molar-refractivity contribution in [1.82, 2.24) is 10.3 Å². The SMILES string of the molecule is CC1(C)CCC2(CC1)N[C@@H](C(=O)O)[C@H](c1c(F)ccnc1Cl)C21C(=O)Nc2cc(Cl)ccc21. The molecule has 5 rings (SSSR count). The number of carbonyl (C=O) groups excluding carboxylic acids is 1. The molecule has 0 bridgehead atoms. The van der Waals surface area contributed by atoms with Crippen molar-refractivity contribution < 1.29 is 19.1 Å². The van der Waals surface area contributed by atoms with Gasteiger partial charge in [-0.2, -0.15) is 0 Å². The maximum atomic E-state index is 15.3. The molecular formula is C24H24Cl2FN3O3. The maximum absolute atomic E-state index is 15.3. The van der Waals surface area contributed by atoms with Gasteiger partial charge in [0.25, 0.3) is 0 Å². The standard InChI is InChI=1S/C24H24Cl2FN3O3/c1-22(2)6-8-23(9-7-22)24(13-4-3-12(25)11-15(13)29-21(24)33)17(18(30-23)20(31)32)16-14(27)5-10-28-19(16)26/h3-5,10-11,17-18,30H,6-9H2,1-2H3,(H,29,33)(H,31,32)/t17-,18+,24?/m0/s1. The number of rotatable bonds is 2. The van der Waals surface area contributed by atoms with Gasteiger partial charge in [0.2, 0.25) is 5.91 Å². The number of hydrogen-bond acceptors (Lipinski definition) is 4. The van der Waals surface area contributed by atoms with Crippen LogP contribution in [0.4, 0.5) is 10.1 Å². The van der Waals surface area contributed by atoms with Gasteiger partial charge >= 0.3 is 5.97 Å². The normalized spacial score (nSPS) is 29.3. The van der Waals surface area contributed by atoms with Crippen LogP contribution in [-0.4, -0.2) is 33.5 Å². The number of carboxylic acid groups (broad SMARTS) is 1. The van der Waals surface area contributed by atoms with Crippen LogP contribution in [0.1, 0.15) is 56.6 Å². The van der Waals surface area contributed by atoms with E-state index in [1.807, 2.05) is 0 Å². The molecule has 1 amide bonds. The fourth-order valence-electron chi connectivity index (χ4n) is 6.32. The number of anilines is 1. The molecule has 1 saturated carbocycles. The van der Waals surface area contributed by atoms with Crippen LogP contribution in [0.5, 0.6) is 0 Å². The summed E-state index contributed by atoms with van der Waals surface area (Å²) in [4.78, 5) is 30.6. The fourth-order valence-corrected chi connectivity index (χ4v) is 6.75. The van der Waals surface area contributed by atoms with Crippen molar-refractivity contribution in [3.63, 3.8) is 0 Å². The van der Waals surface area contributed by atoms with E-state index in [2.05, 4.69) is 29.5 Å². The summed E-state index contributed by atoms with van der Waals surface area (Å²) in [5, 5.41) is 16.8. The first-order valence-corrected chi connectivity index (χ1v) is 11.7. The van der Waals surface area contributed by atoms with Gasteiger partial charge in [-0.25, -0.2) is 9.37 Å². The highest BCUT2D eigenvalue weighted by Gasteiger charge is 2.73. The van der Waals surface area contributed by atoms with E-state index < -0.39 is 34.7 Å². The van der Waals surface area contributed by atoms with Gasteiger partial charge in [0.15, 0.2) is 0 Å². The number of nitrogens with one attached hydrogen (secondary N) is 2. The Morgan fingerprint density at radius 1 is 1.18 bits per heavy atom. The van der Waals surface area contributed by atoms with Gasteiger partial charge in [-0.05, 0) is 54.9 Å². The van der Waals surface area contributed by atoms with Crippen molar-refractivity contribution in [3.05, 3.63) is 57.6 Å². The van der Waals surface area contributed by atoms with Crippen LogP contribution in [-0.2, 0) is 15.0 Å². The van der Waals surface area contributed by atoms with Crippen LogP contribution in [0.3, 0.4) is 0 Å². The maximum Gasteiger partial charge on any atom is 0.321 e. The Labute approximate surface area is 200 Å². The number of aromatic nitrogens is 1. The van der Waals surface area contributed by atoms with Crippen molar-refractivity contribution in [2.45, 2.75) is 62.4 Å². The molecule has 174 valence electrons. The van der Waals surface area contributed by atoms with Crippen molar-refractivity contribution in [2.75, 3.05) is 5.32 Å². The first kappa shape index (κ1) is 22.6. The monoisotopic (exact) mass is 491 g/mol. The third-order valence-electron chi connectivity index (χ3n) is 7.92. The lowest BCUT2D eigenvalue weighted by Crippen LogP contribution is -2.61. The minimum Gasteiger partial charge on any atom is -0.480 e. The summed E-state index contributed by atoms with van der Waals surface area (Å²) in [5.41, 5.74) is -1.21. The number of hydrogen-bond donors (Lipinski definition) is 3. The Balaban J connectivity index is 1.85. The lowest BCUT2D eigenvalue weighted by molar-refractivity contribution is -0.139. The Hall–Kier alpha value is -2.22. The van der Waals surface area contributed by atoms with Crippen LogP contribution in [0.15, 0.2) is 30.5 Å². The predicted octanol–water partition coefficient (Wildman–Crippen LogP) is 4.90. The Morgan fingerprint density at radius 3 is 2.52 bits per heavy atom. The molecule has 3 heterocycles. The van der Waals surface area contributed by atoms with Gasteiger partial charge in [-0.1, -0.05) is 43.1 Å². The van der Waals surface area contributed by atoms with Crippen molar-refractivity contribution in [3.8, 4) is 0 Å². The predicted molar refractivity (Wildman–Crippen MR) is 123 cm³/mol. The number of benzene rings is 1. The molecule has 9 heteroatoms. The summed E-state index contributed by atoms with van der Waals surface area (Å²) >= 11 is 12.6. The van der Waals surface area contributed by atoms with Crippen molar-refractivity contribution in [1.29, 1.82) is 0 Å². The first-order valence-electron chi connectivity index (χ1n) is 10.9. The molecule has 2 spiro atoms. The second-order valence-corrected chi connectivity index (χ2v) is 10.9. The summed E-state index contributed by atoms with van der Waals surface area (Å²) in [6.07, 6.45) is 3.89. The molecule has 6 nitrogen and oxygen atoms in total. The number of fused-ring (bicyclic) bond motifs is 3. The minimum absolute atomic E-state index is 0.0417. The highest BCUT2D eigenvalue weighted by molar-refractivity contribution is 6.31. The highest BCUT2D eigenvalue weighted by atomic mass is 35.5. The molecule has 1 unspecified atom stereocenters. The number of nitrogens with zero attached hydrogens (tertiary/aromatic N) is 1. The smallest absolute Gasteiger partial charge is 0.321 e. The average molecular weight is 492 g/mol. The number of halogens is 3. The van der Waals surface area contributed by atoms with E-state index in [4.69, 9.17) is 23.2 Å². The molecule has 1 aliphatic carbocycles. The molecule has 1 aromatic heterocycles. The quantitative estimate of drug-likeness (QED) is 0.519. The lowest BCUT2D eigenvalue weighted by atomic mass is 9.53. The molecule has 33 heavy (non-hydrogen) atoms. The number of amides is 1. The zero-order valence-corrected chi connectivity index (χ0v) is 19.7. The second kappa shape index (κ2) is 7.39. The zero-order chi connectivity index (χ0) is 23.8. The fraction of sp³-hybridized carbons (Fsp3) is 0.458. The number of aliphatic carboxylic acids is 1. The number of carbonyl (C=O) groups is 2. The van der Waals surface area contributed by atoms with E-state index in [9.17, 15) is 14.7 Å². The van der Waals surface area contributed by atoms with Crippen molar-refractivity contribution in [2.24, 2.45) is 5.41 Å². The second-order valence-electron chi connectivity index (χ2n) is 10.1. The molecule has 2 fully saturated rings. The van der Waals surface area contributed by atoms with E-state index in [1.165, 1.54) is 6.20 Å². The van der Waals surface area contributed by atoms with Crippen LogP contribution in [0.25, 0.3) is 0 Å². The number of carboxylic acids is 1. The highest BCUT2D eigenvalue weighted by Crippen LogP contribution is 2.64. The van der Waals surface area contributed by atoms with Gasteiger partial charge in [0, 0.05) is 33.9 Å². The van der Waals surface area contributed by atoms with Gasteiger partial charge in [0.05, 0.1) is 0 Å². The Morgan fingerprint density at radius 2 is 1.88 bits per heavy atom. The largest absolute Gasteiger partial charge is 0.480 e. The Bertz CT molecular complexity index is 1160. The molecule has 3 N–H and O–H groups in total. The summed E-state index contributed by atoms with van der Waals surface area (Å²) < 4.78 is 15.3.